The van der Waals surface area contributed by atoms with Crippen molar-refractivity contribution in [1.82, 2.24) is 10.2 Å². The van der Waals surface area contributed by atoms with Crippen LogP contribution in [0.1, 0.15) is 11.1 Å². The van der Waals surface area contributed by atoms with Crippen LogP contribution in [0.2, 0.25) is 0 Å². The first-order valence-corrected chi connectivity index (χ1v) is 9.55. The van der Waals surface area contributed by atoms with Gasteiger partial charge in [0, 0.05) is 26.3 Å². The molecule has 3 aromatic rings. The summed E-state index contributed by atoms with van der Waals surface area (Å²) in [6.45, 7) is 0. The van der Waals surface area contributed by atoms with E-state index in [4.69, 9.17) is 0 Å². The minimum absolute atomic E-state index is 0.120. The standard InChI is InChI=1S/C16H11Br2N5O2S/c17-11-1-3-13(24)9(5-11)7-19-15-22-23-16(26-15)21-20-8-10-6-12(18)2-4-14(10)25/h1-8,24-25H,(H,21,23)/b19-7+,20-8+. The van der Waals surface area contributed by atoms with Gasteiger partial charge >= 0.3 is 0 Å². The molecule has 0 spiro atoms. The van der Waals surface area contributed by atoms with Crippen LogP contribution in [0.5, 0.6) is 11.5 Å². The number of nitrogens with zero attached hydrogens (tertiary/aromatic N) is 4. The second-order valence-electron chi connectivity index (χ2n) is 4.92. The third kappa shape index (κ3) is 4.87. The molecule has 0 aliphatic rings. The lowest BCUT2D eigenvalue weighted by Crippen LogP contribution is -1.90. The quantitative estimate of drug-likeness (QED) is 0.351. The number of hydrogen-bond donors (Lipinski definition) is 3. The van der Waals surface area contributed by atoms with E-state index in [1.54, 1.807) is 36.4 Å². The zero-order valence-electron chi connectivity index (χ0n) is 13.0. The smallest absolute Gasteiger partial charge is 0.233 e. The fraction of sp³-hybridized carbons (Fsp3) is 0. The summed E-state index contributed by atoms with van der Waals surface area (Å²) in [6.07, 6.45) is 2.98. The normalized spacial score (nSPS) is 11.5. The number of hydrogen-bond acceptors (Lipinski definition) is 8. The van der Waals surface area contributed by atoms with Gasteiger partial charge in [-0.05, 0) is 36.4 Å². The molecular formula is C16H11Br2N5O2S. The summed E-state index contributed by atoms with van der Waals surface area (Å²) in [5.74, 6) is 0.244. The number of benzene rings is 2. The molecule has 1 aromatic heterocycles. The molecule has 10 heteroatoms. The predicted molar refractivity (Wildman–Crippen MR) is 110 cm³/mol. The Labute approximate surface area is 169 Å². The monoisotopic (exact) mass is 495 g/mol. The van der Waals surface area contributed by atoms with Crippen LogP contribution >= 0.6 is 43.2 Å². The number of anilines is 1. The fourth-order valence-corrected chi connectivity index (χ4v) is 3.15. The Morgan fingerprint density at radius 1 is 0.923 bits per heavy atom. The van der Waals surface area contributed by atoms with Gasteiger partial charge in [-0.1, -0.05) is 43.2 Å². The van der Waals surface area contributed by atoms with E-state index >= 15 is 0 Å². The maximum absolute atomic E-state index is 9.78. The maximum Gasteiger partial charge on any atom is 0.233 e. The molecule has 0 amide bonds. The lowest BCUT2D eigenvalue weighted by atomic mass is 10.2. The molecule has 0 unspecified atom stereocenters. The average Bonchev–Trinajstić information content (AvgIpc) is 3.06. The highest BCUT2D eigenvalue weighted by molar-refractivity contribution is 9.10. The van der Waals surface area contributed by atoms with Crippen molar-refractivity contribution in [2.45, 2.75) is 0 Å². The molecule has 0 aliphatic heterocycles. The summed E-state index contributed by atoms with van der Waals surface area (Å²) in [5.41, 5.74) is 3.85. The third-order valence-corrected chi connectivity index (χ3v) is 4.79. The molecule has 2 aromatic carbocycles. The third-order valence-electron chi connectivity index (χ3n) is 3.07. The van der Waals surface area contributed by atoms with Gasteiger partial charge in [-0.3, -0.25) is 5.43 Å². The molecule has 1 heterocycles. The van der Waals surface area contributed by atoms with Crippen molar-refractivity contribution in [3.63, 3.8) is 0 Å². The molecule has 3 N–H and O–H groups in total. The number of halogens is 2. The Kier molecular flexibility index (Phi) is 5.96. The molecular weight excluding hydrogens is 486 g/mol. The molecule has 7 nitrogen and oxygen atoms in total. The van der Waals surface area contributed by atoms with E-state index in [2.05, 4.69) is 57.6 Å². The Bertz CT molecular complexity index is 991. The van der Waals surface area contributed by atoms with E-state index < -0.39 is 0 Å². The van der Waals surface area contributed by atoms with Gasteiger partial charge in [0.05, 0.1) is 6.21 Å². The number of rotatable bonds is 5. The lowest BCUT2D eigenvalue weighted by molar-refractivity contribution is 0.474. The summed E-state index contributed by atoms with van der Waals surface area (Å²) in [4.78, 5) is 4.19. The topological polar surface area (TPSA) is 103 Å². The molecule has 0 saturated heterocycles. The van der Waals surface area contributed by atoms with Crippen LogP contribution in [0.15, 0.2) is 55.4 Å². The van der Waals surface area contributed by atoms with Crippen LogP contribution in [0.4, 0.5) is 10.3 Å². The van der Waals surface area contributed by atoms with Gasteiger partial charge in [0.15, 0.2) is 0 Å². The van der Waals surface area contributed by atoms with Gasteiger partial charge in [0.1, 0.15) is 11.5 Å². The van der Waals surface area contributed by atoms with Crippen molar-refractivity contribution < 1.29 is 10.2 Å². The van der Waals surface area contributed by atoms with E-state index in [1.807, 2.05) is 0 Å². The first-order chi connectivity index (χ1) is 12.5. The SMILES string of the molecule is Oc1ccc(Br)cc1/C=N/Nc1nnc(/N=C/c2cc(Br)ccc2O)s1. The van der Waals surface area contributed by atoms with E-state index in [1.165, 1.54) is 23.8 Å². The highest BCUT2D eigenvalue weighted by Crippen LogP contribution is 2.25. The highest BCUT2D eigenvalue weighted by Gasteiger charge is 2.03. The van der Waals surface area contributed by atoms with Crippen LogP contribution in [-0.4, -0.2) is 32.8 Å². The summed E-state index contributed by atoms with van der Waals surface area (Å²) in [6, 6.07) is 10.1. The van der Waals surface area contributed by atoms with Crippen molar-refractivity contribution >= 4 is 65.9 Å². The fourth-order valence-electron chi connectivity index (χ4n) is 1.85. The number of nitrogens with one attached hydrogen (secondary N) is 1. The molecule has 26 heavy (non-hydrogen) atoms. The summed E-state index contributed by atoms with van der Waals surface area (Å²) < 4.78 is 1.67. The first-order valence-electron chi connectivity index (χ1n) is 7.15. The van der Waals surface area contributed by atoms with Crippen LogP contribution in [0.25, 0.3) is 0 Å². The number of aromatic hydroxyl groups is 2. The van der Waals surface area contributed by atoms with Gasteiger partial charge in [-0.15, -0.1) is 10.2 Å². The van der Waals surface area contributed by atoms with E-state index in [9.17, 15) is 10.2 Å². The van der Waals surface area contributed by atoms with E-state index in [0.29, 0.717) is 21.4 Å². The Morgan fingerprint density at radius 2 is 1.54 bits per heavy atom. The van der Waals surface area contributed by atoms with Gasteiger partial charge in [-0.2, -0.15) is 5.10 Å². The Hall–Kier alpha value is -2.30. The highest BCUT2D eigenvalue weighted by atomic mass is 79.9. The van der Waals surface area contributed by atoms with Crippen LogP contribution in [0, 0.1) is 0 Å². The van der Waals surface area contributed by atoms with Crippen molar-refractivity contribution in [3.05, 3.63) is 56.5 Å². The predicted octanol–water partition coefficient (Wildman–Crippen LogP) is 4.67. The largest absolute Gasteiger partial charge is 0.507 e. The Balaban J connectivity index is 1.66. The zero-order valence-corrected chi connectivity index (χ0v) is 17.0. The molecule has 0 aliphatic carbocycles. The van der Waals surface area contributed by atoms with E-state index in [-0.39, 0.29) is 11.5 Å². The Morgan fingerprint density at radius 3 is 2.19 bits per heavy atom. The van der Waals surface area contributed by atoms with Crippen LogP contribution in [-0.2, 0) is 0 Å². The second kappa shape index (κ2) is 8.39. The van der Waals surface area contributed by atoms with E-state index in [0.717, 1.165) is 8.95 Å². The molecule has 0 saturated carbocycles. The molecule has 0 bridgehead atoms. The maximum atomic E-state index is 9.78. The summed E-state index contributed by atoms with van der Waals surface area (Å²) in [7, 11) is 0. The molecule has 3 rings (SSSR count). The van der Waals surface area contributed by atoms with Gasteiger partial charge in [0.2, 0.25) is 10.3 Å². The zero-order chi connectivity index (χ0) is 18.5. The van der Waals surface area contributed by atoms with Crippen LogP contribution < -0.4 is 5.43 Å². The number of aliphatic imine (C=N–C) groups is 1. The van der Waals surface area contributed by atoms with Crippen molar-refractivity contribution in [1.29, 1.82) is 0 Å². The number of aromatic nitrogens is 2. The number of hydrazone groups is 1. The minimum Gasteiger partial charge on any atom is -0.507 e. The molecule has 0 fully saturated rings. The minimum atomic E-state index is 0.120. The molecule has 0 radical (unpaired) electrons. The molecule has 132 valence electrons. The number of phenolic OH excluding ortho intramolecular Hbond substituents is 2. The lowest BCUT2D eigenvalue weighted by Gasteiger charge is -1.98. The summed E-state index contributed by atoms with van der Waals surface area (Å²) >= 11 is 7.87. The number of phenols is 2. The first kappa shape index (κ1) is 18.5. The second-order valence-corrected chi connectivity index (χ2v) is 7.71. The van der Waals surface area contributed by atoms with Gasteiger partial charge in [0.25, 0.3) is 0 Å². The summed E-state index contributed by atoms with van der Waals surface area (Å²) in [5, 5.41) is 32.3. The van der Waals surface area contributed by atoms with Crippen LogP contribution in [0.3, 0.4) is 0 Å². The van der Waals surface area contributed by atoms with Gasteiger partial charge < -0.3 is 10.2 Å². The van der Waals surface area contributed by atoms with Crippen molar-refractivity contribution in [2.75, 3.05) is 5.43 Å². The van der Waals surface area contributed by atoms with Gasteiger partial charge in [-0.25, -0.2) is 4.99 Å². The average molecular weight is 497 g/mol. The van der Waals surface area contributed by atoms with Crippen molar-refractivity contribution in [3.8, 4) is 11.5 Å². The van der Waals surface area contributed by atoms with Crippen molar-refractivity contribution in [2.24, 2.45) is 10.1 Å². The molecule has 0 atom stereocenters.